The Morgan fingerprint density at radius 3 is 2.90 bits per heavy atom. The van der Waals surface area contributed by atoms with E-state index in [1.165, 1.54) is 12.8 Å². The van der Waals surface area contributed by atoms with Crippen LogP contribution in [-0.2, 0) is 6.42 Å². The smallest absolute Gasteiger partial charge is 0.179 e. The average Bonchev–Trinajstić information content (AvgIpc) is 3.23. The summed E-state index contributed by atoms with van der Waals surface area (Å²) in [7, 11) is 0. The summed E-state index contributed by atoms with van der Waals surface area (Å²) in [5.74, 6) is 1.39. The maximum atomic E-state index is 6.20. The third-order valence-corrected chi connectivity index (χ3v) is 3.81. The van der Waals surface area contributed by atoms with E-state index in [-0.39, 0.29) is 0 Å². The van der Waals surface area contributed by atoms with Gasteiger partial charge in [-0.2, -0.15) is 0 Å². The van der Waals surface area contributed by atoms with Crippen molar-refractivity contribution in [2.45, 2.75) is 25.3 Å². The standard InChI is InChI=1S/C14H17ClN2O2S/c15-11-7-9(8-12-13(11)19-6-5-18-12)3-4-16-14(20)17-10-1-2-10/h7-8,10H,1-6H2,(H2,16,17,20). The summed E-state index contributed by atoms with van der Waals surface area (Å²) < 4.78 is 11.1. The molecule has 2 aliphatic rings. The van der Waals surface area contributed by atoms with E-state index < -0.39 is 0 Å². The number of benzene rings is 1. The van der Waals surface area contributed by atoms with Crippen molar-refractivity contribution in [3.05, 3.63) is 22.7 Å². The van der Waals surface area contributed by atoms with E-state index in [1.54, 1.807) is 0 Å². The first-order chi connectivity index (χ1) is 9.72. The number of fused-ring (bicyclic) bond motifs is 1. The number of rotatable bonds is 4. The average molecular weight is 313 g/mol. The van der Waals surface area contributed by atoms with Crippen molar-refractivity contribution in [2.24, 2.45) is 0 Å². The summed E-state index contributed by atoms with van der Waals surface area (Å²) in [6.45, 7) is 1.89. The summed E-state index contributed by atoms with van der Waals surface area (Å²) in [4.78, 5) is 0. The van der Waals surface area contributed by atoms with Gasteiger partial charge in [0.15, 0.2) is 16.6 Å². The van der Waals surface area contributed by atoms with Gasteiger partial charge in [-0.3, -0.25) is 0 Å². The van der Waals surface area contributed by atoms with Crippen molar-refractivity contribution in [3.63, 3.8) is 0 Å². The fourth-order valence-corrected chi connectivity index (χ4v) is 2.65. The summed E-state index contributed by atoms with van der Waals surface area (Å²) in [5, 5.41) is 7.80. The van der Waals surface area contributed by atoms with Crippen LogP contribution >= 0.6 is 23.8 Å². The van der Waals surface area contributed by atoms with Crippen LogP contribution in [0.1, 0.15) is 18.4 Å². The van der Waals surface area contributed by atoms with Gasteiger partial charge in [-0.05, 0) is 49.2 Å². The van der Waals surface area contributed by atoms with Crippen LogP contribution in [-0.4, -0.2) is 30.9 Å². The molecule has 0 atom stereocenters. The van der Waals surface area contributed by atoms with Gasteiger partial charge in [0.05, 0.1) is 5.02 Å². The Bertz CT molecular complexity index is 520. The molecule has 0 amide bonds. The lowest BCUT2D eigenvalue weighted by Crippen LogP contribution is -2.37. The van der Waals surface area contributed by atoms with E-state index in [9.17, 15) is 0 Å². The Morgan fingerprint density at radius 1 is 1.30 bits per heavy atom. The summed E-state index contributed by atoms with van der Waals surface area (Å²) in [6.07, 6.45) is 3.28. The molecule has 1 heterocycles. The predicted molar refractivity (Wildman–Crippen MR) is 82.9 cm³/mol. The SMILES string of the molecule is S=C(NCCc1cc(Cl)c2c(c1)OCCO2)NC1CC1. The second-order valence-corrected chi connectivity index (χ2v) is 5.84. The molecule has 0 unspecified atom stereocenters. The first-order valence-corrected chi connectivity index (χ1v) is 7.63. The van der Waals surface area contributed by atoms with Crippen LogP contribution in [0.5, 0.6) is 11.5 Å². The highest BCUT2D eigenvalue weighted by Gasteiger charge is 2.21. The summed E-state index contributed by atoms with van der Waals surface area (Å²) in [6, 6.07) is 4.49. The lowest BCUT2D eigenvalue weighted by atomic mass is 10.1. The molecule has 4 nitrogen and oxygen atoms in total. The molecule has 1 aromatic rings. The Balaban J connectivity index is 1.54. The molecule has 2 N–H and O–H groups in total. The minimum atomic E-state index is 0.550. The van der Waals surface area contributed by atoms with Gasteiger partial charge in [0, 0.05) is 12.6 Å². The van der Waals surface area contributed by atoms with E-state index in [4.69, 9.17) is 33.3 Å². The van der Waals surface area contributed by atoms with Crippen molar-refractivity contribution in [1.82, 2.24) is 10.6 Å². The van der Waals surface area contributed by atoms with E-state index in [0.717, 1.165) is 29.4 Å². The summed E-state index contributed by atoms with van der Waals surface area (Å²) in [5.41, 5.74) is 1.11. The fraction of sp³-hybridized carbons (Fsp3) is 0.500. The highest BCUT2D eigenvalue weighted by atomic mass is 35.5. The molecule has 0 aromatic heterocycles. The predicted octanol–water partition coefficient (Wildman–Crippen LogP) is 2.28. The second kappa shape index (κ2) is 6.06. The molecular weight excluding hydrogens is 296 g/mol. The van der Waals surface area contributed by atoms with E-state index in [1.807, 2.05) is 12.1 Å². The van der Waals surface area contributed by atoms with Crippen molar-refractivity contribution < 1.29 is 9.47 Å². The van der Waals surface area contributed by atoms with Crippen molar-refractivity contribution >= 4 is 28.9 Å². The topological polar surface area (TPSA) is 42.5 Å². The largest absolute Gasteiger partial charge is 0.486 e. The van der Waals surface area contributed by atoms with Gasteiger partial charge in [0.2, 0.25) is 0 Å². The van der Waals surface area contributed by atoms with Crippen LogP contribution in [0.15, 0.2) is 12.1 Å². The number of hydrogen-bond acceptors (Lipinski definition) is 3. The molecule has 3 rings (SSSR count). The summed E-state index contributed by atoms with van der Waals surface area (Å²) >= 11 is 11.4. The van der Waals surface area contributed by atoms with Gasteiger partial charge in [-0.25, -0.2) is 0 Å². The van der Waals surface area contributed by atoms with E-state index in [2.05, 4.69) is 10.6 Å². The lowest BCUT2D eigenvalue weighted by Gasteiger charge is -2.20. The third-order valence-electron chi connectivity index (χ3n) is 3.27. The second-order valence-electron chi connectivity index (χ2n) is 5.03. The number of ether oxygens (including phenoxy) is 2. The number of thiocarbonyl (C=S) groups is 1. The minimum Gasteiger partial charge on any atom is -0.486 e. The maximum absolute atomic E-state index is 6.20. The van der Waals surface area contributed by atoms with E-state index in [0.29, 0.717) is 30.0 Å². The highest BCUT2D eigenvalue weighted by Crippen LogP contribution is 2.38. The van der Waals surface area contributed by atoms with Crippen molar-refractivity contribution in [2.75, 3.05) is 19.8 Å². The third kappa shape index (κ3) is 3.46. The van der Waals surface area contributed by atoms with Crippen LogP contribution < -0.4 is 20.1 Å². The lowest BCUT2D eigenvalue weighted by molar-refractivity contribution is 0.171. The van der Waals surface area contributed by atoms with Crippen molar-refractivity contribution in [3.8, 4) is 11.5 Å². The zero-order valence-corrected chi connectivity index (χ0v) is 12.6. The number of halogens is 1. The Kier molecular flexibility index (Phi) is 4.17. The number of hydrogen-bond donors (Lipinski definition) is 2. The quantitative estimate of drug-likeness (QED) is 0.835. The fourth-order valence-electron chi connectivity index (χ4n) is 2.09. The zero-order chi connectivity index (χ0) is 13.9. The maximum Gasteiger partial charge on any atom is 0.179 e. The van der Waals surface area contributed by atoms with Crippen LogP contribution in [0.3, 0.4) is 0 Å². The molecule has 0 saturated heterocycles. The van der Waals surface area contributed by atoms with Gasteiger partial charge < -0.3 is 20.1 Å². The molecule has 0 radical (unpaired) electrons. The molecule has 1 aliphatic carbocycles. The highest BCUT2D eigenvalue weighted by molar-refractivity contribution is 7.80. The van der Waals surface area contributed by atoms with Gasteiger partial charge >= 0.3 is 0 Å². The van der Waals surface area contributed by atoms with Crippen LogP contribution in [0.2, 0.25) is 5.02 Å². The van der Waals surface area contributed by atoms with Crippen LogP contribution in [0.25, 0.3) is 0 Å². The number of nitrogens with one attached hydrogen (secondary N) is 2. The van der Waals surface area contributed by atoms with E-state index >= 15 is 0 Å². The van der Waals surface area contributed by atoms with Crippen molar-refractivity contribution in [1.29, 1.82) is 0 Å². The molecule has 1 aromatic carbocycles. The van der Waals surface area contributed by atoms with Crippen LogP contribution in [0, 0.1) is 0 Å². The molecule has 1 saturated carbocycles. The minimum absolute atomic E-state index is 0.550. The van der Waals surface area contributed by atoms with Gasteiger partial charge in [-0.15, -0.1) is 0 Å². The molecule has 6 heteroatoms. The molecule has 1 aliphatic heterocycles. The van der Waals surface area contributed by atoms with Gasteiger partial charge in [0.25, 0.3) is 0 Å². The normalized spacial score (nSPS) is 16.6. The molecular formula is C14H17ClN2O2S. The first-order valence-electron chi connectivity index (χ1n) is 6.85. The molecule has 108 valence electrons. The molecule has 1 fully saturated rings. The van der Waals surface area contributed by atoms with Gasteiger partial charge in [-0.1, -0.05) is 11.6 Å². The Labute approximate surface area is 128 Å². The molecule has 0 bridgehead atoms. The van der Waals surface area contributed by atoms with Crippen LogP contribution in [0.4, 0.5) is 0 Å². The molecule has 0 spiro atoms. The Hall–Kier alpha value is -1.20. The van der Waals surface area contributed by atoms with Gasteiger partial charge in [0.1, 0.15) is 13.2 Å². The molecule has 20 heavy (non-hydrogen) atoms. The zero-order valence-electron chi connectivity index (χ0n) is 11.1. The Morgan fingerprint density at radius 2 is 2.10 bits per heavy atom. The first kappa shape index (κ1) is 13.8. The monoisotopic (exact) mass is 312 g/mol.